The summed E-state index contributed by atoms with van der Waals surface area (Å²) in [6, 6.07) is 14.6. The smallest absolute Gasteiger partial charge is 0.161 e. The SMILES string of the molecule is CCOc1ccc(C(c2ccc(Cl)cc2)N2CCCNCC2)cc1OC. The molecule has 0 saturated carbocycles. The number of methoxy groups -OCH3 is 1. The zero-order valence-corrected chi connectivity index (χ0v) is 16.3. The Morgan fingerprint density at radius 1 is 1.04 bits per heavy atom. The van der Waals surface area contributed by atoms with Gasteiger partial charge in [-0.15, -0.1) is 0 Å². The van der Waals surface area contributed by atoms with E-state index in [0.717, 1.165) is 49.1 Å². The van der Waals surface area contributed by atoms with Gasteiger partial charge in [-0.2, -0.15) is 0 Å². The van der Waals surface area contributed by atoms with E-state index < -0.39 is 0 Å². The molecule has 3 rings (SSSR count). The van der Waals surface area contributed by atoms with Crippen molar-refractivity contribution in [2.75, 3.05) is 39.9 Å². The van der Waals surface area contributed by atoms with Crippen LogP contribution in [0.25, 0.3) is 0 Å². The van der Waals surface area contributed by atoms with Crippen LogP contribution in [0.4, 0.5) is 0 Å². The van der Waals surface area contributed by atoms with Gasteiger partial charge in [0.25, 0.3) is 0 Å². The van der Waals surface area contributed by atoms with E-state index in [-0.39, 0.29) is 6.04 Å². The number of rotatable bonds is 6. The molecule has 2 aromatic carbocycles. The van der Waals surface area contributed by atoms with Gasteiger partial charge < -0.3 is 14.8 Å². The third-order valence-corrected chi connectivity index (χ3v) is 4.98. The molecule has 0 amide bonds. The number of nitrogens with zero attached hydrogens (tertiary/aromatic N) is 1. The minimum absolute atomic E-state index is 0.164. The van der Waals surface area contributed by atoms with Crippen molar-refractivity contribution in [3.05, 3.63) is 58.6 Å². The van der Waals surface area contributed by atoms with E-state index in [1.54, 1.807) is 7.11 Å². The van der Waals surface area contributed by atoms with Crippen LogP contribution in [0.2, 0.25) is 5.02 Å². The van der Waals surface area contributed by atoms with Crippen molar-refractivity contribution < 1.29 is 9.47 Å². The Balaban J connectivity index is 2.00. The lowest BCUT2D eigenvalue weighted by molar-refractivity contribution is 0.240. The standard InChI is InChI=1S/C21H27ClN2O2/c1-3-26-19-10-7-17(15-20(19)25-2)21(16-5-8-18(22)9-6-16)24-13-4-11-23-12-14-24/h5-10,15,21,23H,3-4,11-14H2,1-2H3. The predicted molar refractivity (Wildman–Crippen MR) is 107 cm³/mol. The van der Waals surface area contributed by atoms with E-state index in [0.29, 0.717) is 6.61 Å². The van der Waals surface area contributed by atoms with Crippen molar-refractivity contribution in [1.82, 2.24) is 10.2 Å². The van der Waals surface area contributed by atoms with Crippen LogP contribution in [0.1, 0.15) is 30.5 Å². The van der Waals surface area contributed by atoms with E-state index in [9.17, 15) is 0 Å². The largest absolute Gasteiger partial charge is 0.493 e. The summed E-state index contributed by atoms with van der Waals surface area (Å²) < 4.78 is 11.3. The topological polar surface area (TPSA) is 33.7 Å². The molecular weight excluding hydrogens is 348 g/mol. The quantitative estimate of drug-likeness (QED) is 0.824. The monoisotopic (exact) mass is 374 g/mol. The Morgan fingerprint density at radius 3 is 2.54 bits per heavy atom. The summed E-state index contributed by atoms with van der Waals surface area (Å²) in [4.78, 5) is 2.53. The predicted octanol–water partition coefficient (Wildman–Crippen LogP) is 4.13. The van der Waals surface area contributed by atoms with Crippen LogP contribution in [-0.4, -0.2) is 44.8 Å². The van der Waals surface area contributed by atoms with E-state index in [2.05, 4.69) is 34.5 Å². The summed E-state index contributed by atoms with van der Waals surface area (Å²) in [5.41, 5.74) is 2.44. The van der Waals surface area contributed by atoms with Crippen LogP contribution >= 0.6 is 11.6 Å². The molecule has 5 heteroatoms. The van der Waals surface area contributed by atoms with Gasteiger partial charge in [0.2, 0.25) is 0 Å². The first-order chi connectivity index (χ1) is 12.7. The van der Waals surface area contributed by atoms with Crippen LogP contribution in [-0.2, 0) is 0 Å². The average Bonchev–Trinajstić information content (AvgIpc) is 2.94. The van der Waals surface area contributed by atoms with E-state index >= 15 is 0 Å². The molecule has 1 saturated heterocycles. The van der Waals surface area contributed by atoms with Crippen molar-refractivity contribution in [1.29, 1.82) is 0 Å². The zero-order valence-electron chi connectivity index (χ0n) is 15.5. The second-order valence-corrected chi connectivity index (χ2v) is 6.87. The van der Waals surface area contributed by atoms with Crippen molar-refractivity contribution >= 4 is 11.6 Å². The molecule has 1 atom stereocenters. The summed E-state index contributed by atoms with van der Waals surface area (Å²) >= 11 is 6.12. The Bertz CT molecular complexity index is 698. The van der Waals surface area contributed by atoms with Crippen molar-refractivity contribution in [2.24, 2.45) is 0 Å². The molecular formula is C21H27ClN2O2. The summed E-state index contributed by atoms with van der Waals surface area (Å²) in [5.74, 6) is 1.56. The molecule has 1 aliphatic rings. The van der Waals surface area contributed by atoms with Gasteiger partial charge in [0, 0.05) is 24.7 Å². The fourth-order valence-electron chi connectivity index (χ4n) is 3.51. The number of hydrogen-bond acceptors (Lipinski definition) is 4. The second-order valence-electron chi connectivity index (χ2n) is 6.44. The molecule has 0 spiro atoms. The molecule has 1 N–H and O–H groups in total. The molecule has 0 bridgehead atoms. The third kappa shape index (κ3) is 4.50. The van der Waals surface area contributed by atoms with Gasteiger partial charge in [-0.25, -0.2) is 0 Å². The first-order valence-electron chi connectivity index (χ1n) is 9.24. The highest BCUT2D eigenvalue weighted by Crippen LogP contribution is 2.36. The van der Waals surface area contributed by atoms with Crippen molar-refractivity contribution in [3.8, 4) is 11.5 Å². The van der Waals surface area contributed by atoms with Crippen LogP contribution in [0.15, 0.2) is 42.5 Å². The lowest BCUT2D eigenvalue weighted by Gasteiger charge is -2.31. The van der Waals surface area contributed by atoms with Gasteiger partial charge in [-0.3, -0.25) is 4.90 Å². The molecule has 1 fully saturated rings. The Kier molecular flexibility index (Phi) is 6.78. The Morgan fingerprint density at radius 2 is 1.81 bits per heavy atom. The van der Waals surface area contributed by atoms with Crippen LogP contribution in [0.3, 0.4) is 0 Å². The van der Waals surface area contributed by atoms with Crippen molar-refractivity contribution in [3.63, 3.8) is 0 Å². The van der Waals surface area contributed by atoms with E-state index in [1.165, 1.54) is 11.1 Å². The van der Waals surface area contributed by atoms with Gasteiger partial charge in [0.1, 0.15) is 0 Å². The lowest BCUT2D eigenvalue weighted by Crippen LogP contribution is -2.33. The van der Waals surface area contributed by atoms with E-state index in [1.807, 2.05) is 25.1 Å². The van der Waals surface area contributed by atoms with Gasteiger partial charge >= 0.3 is 0 Å². The highest BCUT2D eigenvalue weighted by molar-refractivity contribution is 6.30. The van der Waals surface area contributed by atoms with Crippen LogP contribution in [0.5, 0.6) is 11.5 Å². The number of nitrogens with one attached hydrogen (secondary N) is 1. The highest BCUT2D eigenvalue weighted by atomic mass is 35.5. The van der Waals surface area contributed by atoms with Gasteiger partial charge in [-0.05, 0) is 55.3 Å². The normalized spacial score (nSPS) is 16.7. The zero-order chi connectivity index (χ0) is 18.4. The maximum absolute atomic E-state index is 6.12. The maximum Gasteiger partial charge on any atom is 0.161 e. The molecule has 2 aromatic rings. The Labute approximate surface area is 161 Å². The molecule has 0 aliphatic carbocycles. The molecule has 1 heterocycles. The molecule has 1 unspecified atom stereocenters. The minimum Gasteiger partial charge on any atom is -0.493 e. The first-order valence-corrected chi connectivity index (χ1v) is 9.61. The summed E-state index contributed by atoms with van der Waals surface area (Å²) in [6.07, 6.45) is 1.14. The average molecular weight is 375 g/mol. The summed E-state index contributed by atoms with van der Waals surface area (Å²) in [7, 11) is 1.69. The van der Waals surface area contributed by atoms with E-state index in [4.69, 9.17) is 21.1 Å². The van der Waals surface area contributed by atoms with Crippen LogP contribution in [0, 0.1) is 0 Å². The fourth-order valence-corrected chi connectivity index (χ4v) is 3.64. The molecule has 140 valence electrons. The van der Waals surface area contributed by atoms with Crippen molar-refractivity contribution in [2.45, 2.75) is 19.4 Å². The molecule has 1 aliphatic heterocycles. The van der Waals surface area contributed by atoms with Crippen LogP contribution < -0.4 is 14.8 Å². The van der Waals surface area contributed by atoms with Gasteiger partial charge in [0.15, 0.2) is 11.5 Å². The lowest BCUT2D eigenvalue weighted by atomic mass is 9.96. The van der Waals surface area contributed by atoms with Gasteiger partial charge in [0.05, 0.1) is 19.8 Å². The van der Waals surface area contributed by atoms with Gasteiger partial charge in [-0.1, -0.05) is 29.8 Å². The molecule has 26 heavy (non-hydrogen) atoms. The molecule has 0 aromatic heterocycles. The fraction of sp³-hybridized carbons (Fsp3) is 0.429. The first kappa shape index (κ1) is 19.0. The number of benzene rings is 2. The summed E-state index contributed by atoms with van der Waals surface area (Å²) in [6.45, 7) is 6.72. The minimum atomic E-state index is 0.164. The maximum atomic E-state index is 6.12. The molecule has 4 nitrogen and oxygen atoms in total. The molecule has 0 radical (unpaired) electrons. The number of halogens is 1. The summed E-state index contributed by atoms with van der Waals surface area (Å²) in [5, 5.41) is 4.24. The highest BCUT2D eigenvalue weighted by Gasteiger charge is 2.24. The number of ether oxygens (including phenoxy) is 2. The Hall–Kier alpha value is -1.75. The third-order valence-electron chi connectivity index (χ3n) is 4.73. The number of hydrogen-bond donors (Lipinski definition) is 1. The second kappa shape index (κ2) is 9.26.